The first-order chi connectivity index (χ1) is 23.8. The van der Waals surface area contributed by atoms with Crippen LogP contribution in [-0.2, 0) is 0 Å². The van der Waals surface area contributed by atoms with Crippen molar-refractivity contribution >= 4 is 54.6 Å². The Morgan fingerprint density at radius 1 is 0.417 bits per heavy atom. The monoisotopic (exact) mass is 616 g/mol. The maximum Gasteiger partial charge on any atom is 0.183 e. The summed E-state index contributed by atoms with van der Waals surface area (Å²) >= 11 is 0. The second kappa shape index (κ2) is 10.4. The summed E-state index contributed by atoms with van der Waals surface area (Å²) in [5.41, 5.74) is 7.41. The summed E-state index contributed by atoms with van der Waals surface area (Å²) in [5, 5.41) is 6.03. The maximum atomic E-state index is 6.55. The Morgan fingerprint density at radius 2 is 1.08 bits per heavy atom. The molecule has 0 aliphatic rings. The van der Waals surface area contributed by atoms with E-state index < -0.39 is 0 Å². The average molecular weight is 617 g/mol. The molecular weight excluding hydrogens is 592 g/mol. The molecule has 10 aromatic rings. The van der Waals surface area contributed by atoms with Crippen LogP contribution >= 0.6 is 0 Å². The van der Waals surface area contributed by atoms with Crippen molar-refractivity contribution in [3.8, 4) is 45.4 Å². The first-order valence-corrected chi connectivity index (χ1v) is 15.8. The standard InChI is InChI=1S/C42H24N4O2/c1-2-12-26(13-3-1)32-24-43-38(37-30-16-7-9-19-34(30)48-39(32)37)42-45-40(28-22-21-25-11-4-5-14-27(25)23-28)44-41(46-42)31-17-10-20-35-36(31)29-15-6-8-18-33(29)47-35/h1-24H. The van der Waals surface area contributed by atoms with Gasteiger partial charge in [-0.2, -0.15) is 0 Å². The minimum Gasteiger partial charge on any atom is -0.456 e. The minimum absolute atomic E-state index is 0.462. The summed E-state index contributed by atoms with van der Waals surface area (Å²) < 4.78 is 12.8. The number of para-hydroxylation sites is 2. The molecule has 0 saturated carbocycles. The molecule has 4 aromatic heterocycles. The number of benzene rings is 6. The molecule has 0 radical (unpaired) electrons. The summed E-state index contributed by atoms with van der Waals surface area (Å²) in [4.78, 5) is 20.5. The van der Waals surface area contributed by atoms with Gasteiger partial charge in [0.1, 0.15) is 28.0 Å². The van der Waals surface area contributed by atoms with E-state index in [0.29, 0.717) is 23.2 Å². The van der Waals surface area contributed by atoms with Gasteiger partial charge in [-0.3, -0.25) is 4.98 Å². The van der Waals surface area contributed by atoms with Crippen LogP contribution in [0.4, 0.5) is 0 Å². The molecule has 0 amide bonds. The Labute approximate surface area is 274 Å². The molecule has 0 fully saturated rings. The van der Waals surface area contributed by atoms with Gasteiger partial charge >= 0.3 is 0 Å². The molecule has 0 atom stereocenters. The summed E-state index contributed by atoms with van der Waals surface area (Å²) in [7, 11) is 0. The van der Waals surface area contributed by atoms with Crippen LogP contribution in [0.2, 0.25) is 0 Å². The van der Waals surface area contributed by atoms with Crippen LogP contribution in [0.15, 0.2) is 155 Å². The number of nitrogens with zero attached hydrogens (tertiary/aromatic N) is 4. The molecule has 0 N–H and O–H groups in total. The molecule has 48 heavy (non-hydrogen) atoms. The molecule has 6 heteroatoms. The predicted molar refractivity (Wildman–Crippen MR) is 191 cm³/mol. The highest BCUT2D eigenvalue weighted by atomic mass is 16.3. The van der Waals surface area contributed by atoms with Crippen LogP contribution in [-0.4, -0.2) is 19.9 Å². The third kappa shape index (κ3) is 4.13. The Bertz CT molecular complexity index is 2850. The lowest BCUT2D eigenvalue weighted by Gasteiger charge is -2.11. The normalized spacial score (nSPS) is 11.8. The molecule has 0 bridgehead atoms. The first-order valence-electron chi connectivity index (χ1n) is 15.8. The van der Waals surface area contributed by atoms with Gasteiger partial charge in [-0.05, 0) is 40.6 Å². The van der Waals surface area contributed by atoms with Crippen molar-refractivity contribution in [2.24, 2.45) is 0 Å². The molecule has 224 valence electrons. The second-order valence-corrected chi connectivity index (χ2v) is 11.8. The fourth-order valence-corrected chi connectivity index (χ4v) is 6.74. The van der Waals surface area contributed by atoms with Gasteiger partial charge in [-0.15, -0.1) is 0 Å². The summed E-state index contributed by atoms with van der Waals surface area (Å²) in [6, 6.07) is 46.9. The van der Waals surface area contributed by atoms with Crippen molar-refractivity contribution in [1.82, 2.24) is 19.9 Å². The van der Waals surface area contributed by atoms with Crippen LogP contribution in [0.25, 0.3) is 100 Å². The Morgan fingerprint density at radius 3 is 1.94 bits per heavy atom. The van der Waals surface area contributed by atoms with E-state index in [0.717, 1.165) is 76.9 Å². The third-order valence-electron chi connectivity index (χ3n) is 8.98. The molecule has 10 rings (SSSR count). The first kappa shape index (κ1) is 26.5. The van der Waals surface area contributed by atoms with E-state index in [1.165, 1.54) is 0 Å². The van der Waals surface area contributed by atoms with Crippen molar-refractivity contribution in [2.45, 2.75) is 0 Å². The van der Waals surface area contributed by atoms with Crippen LogP contribution < -0.4 is 0 Å². The van der Waals surface area contributed by atoms with Crippen molar-refractivity contribution in [3.63, 3.8) is 0 Å². The molecule has 0 saturated heterocycles. The Kier molecular flexibility index (Phi) is 5.77. The van der Waals surface area contributed by atoms with Gasteiger partial charge in [0.05, 0.1) is 5.39 Å². The lowest BCUT2D eigenvalue weighted by atomic mass is 10.0. The molecule has 0 aliphatic heterocycles. The highest BCUT2D eigenvalue weighted by Crippen LogP contribution is 2.41. The zero-order valence-electron chi connectivity index (χ0n) is 25.5. The molecular formula is C42H24N4O2. The van der Waals surface area contributed by atoms with Crippen molar-refractivity contribution < 1.29 is 8.83 Å². The summed E-state index contributed by atoms with van der Waals surface area (Å²) in [6.45, 7) is 0. The van der Waals surface area contributed by atoms with Crippen molar-refractivity contribution in [2.75, 3.05) is 0 Å². The zero-order chi connectivity index (χ0) is 31.6. The Balaban J connectivity index is 1.29. The summed E-state index contributed by atoms with van der Waals surface area (Å²) in [5.74, 6) is 1.56. The van der Waals surface area contributed by atoms with Crippen LogP contribution in [0, 0.1) is 0 Å². The van der Waals surface area contributed by atoms with E-state index in [-0.39, 0.29) is 0 Å². The third-order valence-corrected chi connectivity index (χ3v) is 8.98. The van der Waals surface area contributed by atoms with Gasteiger partial charge in [-0.1, -0.05) is 115 Å². The predicted octanol–water partition coefficient (Wildman–Crippen LogP) is 10.9. The van der Waals surface area contributed by atoms with Gasteiger partial charge < -0.3 is 8.83 Å². The summed E-state index contributed by atoms with van der Waals surface area (Å²) in [6.07, 6.45) is 1.86. The van der Waals surface area contributed by atoms with E-state index in [4.69, 9.17) is 28.8 Å². The lowest BCUT2D eigenvalue weighted by molar-refractivity contribution is 0.669. The van der Waals surface area contributed by atoms with Crippen LogP contribution in [0.1, 0.15) is 0 Å². The van der Waals surface area contributed by atoms with Crippen LogP contribution in [0.5, 0.6) is 0 Å². The number of hydrogen-bond acceptors (Lipinski definition) is 6. The number of aromatic nitrogens is 4. The van der Waals surface area contributed by atoms with E-state index in [9.17, 15) is 0 Å². The number of hydrogen-bond donors (Lipinski definition) is 0. The van der Waals surface area contributed by atoms with E-state index in [1.807, 2.05) is 91.1 Å². The van der Waals surface area contributed by atoms with E-state index in [1.54, 1.807) is 0 Å². The highest BCUT2D eigenvalue weighted by Gasteiger charge is 2.23. The topological polar surface area (TPSA) is 77.8 Å². The number of furan rings is 2. The van der Waals surface area contributed by atoms with Gasteiger partial charge in [-0.25, -0.2) is 15.0 Å². The number of rotatable bonds is 4. The SMILES string of the molecule is c1ccc(-c2cnc(-c3nc(-c4ccc5ccccc5c4)nc(-c4cccc5oc6ccccc6c45)n3)c3c2oc2ccccc23)cc1. The lowest BCUT2D eigenvalue weighted by Crippen LogP contribution is -2.02. The second-order valence-electron chi connectivity index (χ2n) is 11.8. The fraction of sp³-hybridized carbons (Fsp3) is 0. The smallest absolute Gasteiger partial charge is 0.183 e. The molecule has 0 unspecified atom stereocenters. The van der Waals surface area contributed by atoms with Crippen molar-refractivity contribution in [1.29, 1.82) is 0 Å². The van der Waals surface area contributed by atoms with E-state index in [2.05, 4.69) is 54.6 Å². The highest BCUT2D eigenvalue weighted by molar-refractivity contribution is 6.15. The molecule has 6 nitrogen and oxygen atoms in total. The fourth-order valence-electron chi connectivity index (χ4n) is 6.74. The number of pyridine rings is 1. The average Bonchev–Trinajstić information content (AvgIpc) is 3.74. The zero-order valence-corrected chi connectivity index (χ0v) is 25.5. The van der Waals surface area contributed by atoms with E-state index >= 15 is 0 Å². The molecule has 0 spiro atoms. The van der Waals surface area contributed by atoms with Gasteiger partial charge in [0, 0.05) is 39.0 Å². The number of fused-ring (bicyclic) bond motifs is 7. The van der Waals surface area contributed by atoms with Gasteiger partial charge in [0.25, 0.3) is 0 Å². The quantitative estimate of drug-likeness (QED) is 0.196. The van der Waals surface area contributed by atoms with Crippen LogP contribution in [0.3, 0.4) is 0 Å². The maximum absolute atomic E-state index is 6.55. The van der Waals surface area contributed by atoms with Gasteiger partial charge in [0.15, 0.2) is 17.5 Å². The Hall–Kier alpha value is -6.66. The largest absolute Gasteiger partial charge is 0.456 e. The minimum atomic E-state index is 0.462. The van der Waals surface area contributed by atoms with Crippen molar-refractivity contribution in [3.05, 3.63) is 146 Å². The molecule has 4 heterocycles. The molecule has 0 aliphatic carbocycles. The molecule has 6 aromatic carbocycles. The van der Waals surface area contributed by atoms with Gasteiger partial charge in [0.2, 0.25) is 0 Å².